The number of hydrogen-bond acceptors (Lipinski definition) is 4. The van der Waals surface area contributed by atoms with E-state index in [-0.39, 0.29) is 5.97 Å². The van der Waals surface area contributed by atoms with Crippen LogP contribution < -0.4 is 10.2 Å². The Kier molecular flexibility index (Phi) is 4.82. The van der Waals surface area contributed by atoms with Crippen molar-refractivity contribution in [1.82, 2.24) is 0 Å². The number of carbonyl (C=O) groups excluding carboxylic acids is 1. The number of anilines is 2. The molecule has 21 heavy (non-hydrogen) atoms. The maximum Gasteiger partial charge on any atom is 0.337 e. The lowest BCUT2D eigenvalue weighted by Gasteiger charge is -2.18. The summed E-state index contributed by atoms with van der Waals surface area (Å²) in [4.78, 5) is 13.5. The highest BCUT2D eigenvalue weighted by Crippen LogP contribution is 2.24. The van der Waals surface area contributed by atoms with Crippen molar-refractivity contribution in [3.63, 3.8) is 0 Å². The quantitative estimate of drug-likeness (QED) is 0.856. The molecule has 0 bridgehead atoms. The Bertz CT molecular complexity index is 606. The summed E-state index contributed by atoms with van der Waals surface area (Å²) >= 11 is 0. The van der Waals surface area contributed by atoms with Crippen LogP contribution in [0.4, 0.5) is 11.4 Å². The normalized spacial score (nSPS) is 10.0. The zero-order valence-electron chi connectivity index (χ0n) is 12.6. The number of nitrogens with one attached hydrogen (secondary N) is 1. The summed E-state index contributed by atoms with van der Waals surface area (Å²) in [5.41, 5.74) is 3.90. The molecule has 0 saturated carbocycles. The largest absolute Gasteiger partial charge is 0.465 e. The minimum Gasteiger partial charge on any atom is -0.465 e. The standard InChI is InChI=1S/C17H20N2O2/c1-19(2)16-7-5-4-6-15(16)18-12-13-8-10-14(11-9-13)17(20)21-3/h4-11,18H,12H2,1-3H3. The molecule has 0 aliphatic carbocycles. The van der Waals surface area contributed by atoms with Crippen LogP contribution >= 0.6 is 0 Å². The maximum absolute atomic E-state index is 11.4. The van der Waals surface area contributed by atoms with Gasteiger partial charge in [-0.1, -0.05) is 24.3 Å². The van der Waals surface area contributed by atoms with E-state index in [1.54, 1.807) is 12.1 Å². The molecule has 4 heteroatoms. The van der Waals surface area contributed by atoms with Crippen molar-refractivity contribution in [1.29, 1.82) is 0 Å². The van der Waals surface area contributed by atoms with Crippen LogP contribution in [-0.2, 0) is 11.3 Å². The summed E-state index contributed by atoms with van der Waals surface area (Å²) in [6.07, 6.45) is 0. The minimum absolute atomic E-state index is 0.313. The zero-order chi connectivity index (χ0) is 15.2. The molecule has 2 aromatic carbocycles. The highest BCUT2D eigenvalue weighted by atomic mass is 16.5. The second-order valence-electron chi connectivity index (χ2n) is 4.95. The van der Waals surface area contributed by atoms with Crippen molar-refractivity contribution in [2.24, 2.45) is 0 Å². The van der Waals surface area contributed by atoms with Gasteiger partial charge in [-0.2, -0.15) is 0 Å². The number of nitrogens with zero attached hydrogens (tertiary/aromatic N) is 1. The molecule has 2 aromatic rings. The predicted molar refractivity (Wildman–Crippen MR) is 85.9 cm³/mol. The lowest BCUT2D eigenvalue weighted by atomic mass is 10.1. The molecule has 0 fully saturated rings. The summed E-state index contributed by atoms with van der Waals surface area (Å²) in [6.45, 7) is 0.701. The molecule has 0 saturated heterocycles. The van der Waals surface area contributed by atoms with Crippen LogP contribution in [-0.4, -0.2) is 27.2 Å². The molecule has 0 radical (unpaired) electrons. The van der Waals surface area contributed by atoms with E-state index in [1.807, 2.05) is 38.4 Å². The van der Waals surface area contributed by atoms with Crippen molar-refractivity contribution >= 4 is 17.3 Å². The first-order valence-electron chi connectivity index (χ1n) is 6.79. The summed E-state index contributed by atoms with van der Waals surface area (Å²) in [6, 6.07) is 15.6. The van der Waals surface area contributed by atoms with E-state index in [1.165, 1.54) is 7.11 Å². The Hall–Kier alpha value is -2.49. The second kappa shape index (κ2) is 6.79. The van der Waals surface area contributed by atoms with Crippen molar-refractivity contribution in [2.45, 2.75) is 6.54 Å². The molecule has 0 aliphatic heterocycles. The molecular weight excluding hydrogens is 264 g/mol. The van der Waals surface area contributed by atoms with Gasteiger partial charge in [-0.15, -0.1) is 0 Å². The van der Waals surface area contributed by atoms with Crippen molar-refractivity contribution in [3.8, 4) is 0 Å². The van der Waals surface area contributed by atoms with E-state index in [0.717, 1.165) is 16.9 Å². The van der Waals surface area contributed by atoms with Gasteiger partial charge in [0.2, 0.25) is 0 Å². The molecule has 0 aliphatic rings. The molecular formula is C17H20N2O2. The Balaban J connectivity index is 2.05. The summed E-state index contributed by atoms with van der Waals surface area (Å²) in [7, 11) is 5.42. The number of benzene rings is 2. The van der Waals surface area contributed by atoms with Crippen LogP contribution in [0.2, 0.25) is 0 Å². The maximum atomic E-state index is 11.4. The average Bonchev–Trinajstić information content (AvgIpc) is 2.52. The number of rotatable bonds is 5. The van der Waals surface area contributed by atoms with E-state index in [2.05, 4.69) is 27.1 Å². The molecule has 2 rings (SSSR count). The summed E-state index contributed by atoms with van der Waals surface area (Å²) in [5.74, 6) is -0.313. The smallest absolute Gasteiger partial charge is 0.337 e. The van der Waals surface area contributed by atoms with Gasteiger partial charge in [-0.3, -0.25) is 0 Å². The van der Waals surface area contributed by atoms with Crippen LogP contribution in [0.5, 0.6) is 0 Å². The van der Waals surface area contributed by atoms with Crippen LogP contribution in [0.15, 0.2) is 48.5 Å². The number of ether oxygens (including phenoxy) is 1. The molecule has 4 nitrogen and oxygen atoms in total. The molecule has 110 valence electrons. The fourth-order valence-corrected chi connectivity index (χ4v) is 2.09. The van der Waals surface area contributed by atoms with Gasteiger partial charge >= 0.3 is 5.97 Å². The Labute approximate surface area is 125 Å². The van der Waals surface area contributed by atoms with E-state index >= 15 is 0 Å². The molecule has 1 N–H and O–H groups in total. The lowest BCUT2D eigenvalue weighted by molar-refractivity contribution is 0.0600. The second-order valence-corrected chi connectivity index (χ2v) is 4.95. The van der Waals surface area contributed by atoms with Gasteiger partial charge < -0.3 is 15.0 Å². The predicted octanol–water partition coefficient (Wildman–Crippen LogP) is 3.15. The molecule has 0 aromatic heterocycles. The van der Waals surface area contributed by atoms with Gasteiger partial charge in [0.25, 0.3) is 0 Å². The highest BCUT2D eigenvalue weighted by Gasteiger charge is 2.05. The number of carbonyl (C=O) groups is 1. The average molecular weight is 284 g/mol. The SMILES string of the molecule is COC(=O)c1ccc(CNc2ccccc2N(C)C)cc1. The third-order valence-corrected chi connectivity index (χ3v) is 3.24. The van der Waals surface area contributed by atoms with Crippen molar-refractivity contribution in [2.75, 3.05) is 31.4 Å². The Morgan fingerprint density at radius 3 is 2.38 bits per heavy atom. The Morgan fingerprint density at radius 1 is 1.10 bits per heavy atom. The third-order valence-electron chi connectivity index (χ3n) is 3.24. The number of hydrogen-bond donors (Lipinski definition) is 1. The first-order chi connectivity index (χ1) is 10.1. The van der Waals surface area contributed by atoms with E-state index < -0.39 is 0 Å². The molecule has 0 atom stereocenters. The summed E-state index contributed by atoms with van der Waals surface area (Å²) < 4.78 is 4.69. The van der Waals surface area contributed by atoms with Crippen molar-refractivity contribution < 1.29 is 9.53 Å². The van der Waals surface area contributed by atoms with Gasteiger partial charge in [0, 0.05) is 20.6 Å². The lowest BCUT2D eigenvalue weighted by Crippen LogP contribution is -2.12. The molecule has 0 spiro atoms. The fraction of sp³-hybridized carbons (Fsp3) is 0.235. The van der Waals surface area contributed by atoms with Gasteiger partial charge in [0.1, 0.15) is 0 Å². The van der Waals surface area contributed by atoms with Gasteiger partial charge in [-0.25, -0.2) is 4.79 Å². The van der Waals surface area contributed by atoms with E-state index in [4.69, 9.17) is 0 Å². The zero-order valence-corrected chi connectivity index (χ0v) is 12.6. The highest BCUT2D eigenvalue weighted by molar-refractivity contribution is 5.89. The summed E-state index contributed by atoms with van der Waals surface area (Å²) in [5, 5.41) is 3.42. The van der Waals surface area contributed by atoms with Crippen LogP contribution in [0, 0.1) is 0 Å². The molecule has 0 heterocycles. The van der Waals surface area contributed by atoms with Crippen molar-refractivity contribution in [3.05, 3.63) is 59.7 Å². The minimum atomic E-state index is -0.313. The van der Waals surface area contributed by atoms with E-state index in [9.17, 15) is 4.79 Å². The van der Waals surface area contributed by atoms with Gasteiger partial charge in [0.05, 0.1) is 24.0 Å². The van der Waals surface area contributed by atoms with Crippen LogP contribution in [0.1, 0.15) is 15.9 Å². The first kappa shape index (κ1) is 14.9. The van der Waals surface area contributed by atoms with Crippen LogP contribution in [0.25, 0.3) is 0 Å². The fourth-order valence-electron chi connectivity index (χ4n) is 2.09. The van der Waals surface area contributed by atoms with E-state index in [0.29, 0.717) is 12.1 Å². The molecule has 0 amide bonds. The number of para-hydroxylation sites is 2. The Morgan fingerprint density at radius 2 is 1.76 bits per heavy atom. The van der Waals surface area contributed by atoms with Gasteiger partial charge in [-0.05, 0) is 29.8 Å². The first-order valence-corrected chi connectivity index (χ1v) is 6.79. The van der Waals surface area contributed by atoms with Gasteiger partial charge in [0.15, 0.2) is 0 Å². The van der Waals surface area contributed by atoms with Crippen LogP contribution in [0.3, 0.4) is 0 Å². The number of esters is 1. The number of methoxy groups -OCH3 is 1. The topological polar surface area (TPSA) is 41.6 Å². The third kappa shape index (κ3) is 3.75. The molecule has 0 unspecified atom stereocenters. The monoisotopic (exact) mass is 284 g/mol.